The molecule has 1 N–H and O–H groups in total. The smallest absolute Gasteiger partial charge is 0.295 e. The van der Waals surface area contributed by atoms with Crippen molar-refractivity contribution in [2.24, 2.45) is 14.1 Å². The van der Waals surface area contributed by atoms with Crippen molar-refractivity contribution in [3.8, 4) is 5.69 Å². The van der Waals surface area contributed by atoms with E-state index in [1.54, 1.807) is 32.4 Å². The van der Waals surface area contributed by atoms with E-state index >= 15 is 0 Å². The molecule has 0 aliphatic carbocycles. The fraction of sp³-hybridized carbons (Fsp3) is 0.111. The van der Waals surface area contributed by atoms with Crippen LogP contribution in [-0.2, 0) is 24.1 Å². The van der Waals surface area contributed by atoms with Gasteiger partial charge in [0.2, 0.25) is 0 Å². The predicted octanol–water partition coefficient (Wildman–Crippen LogP) is 2.00. The average molecular weight is 401 g/mol. The highest BCUT2D eigenvalue weighted by Crippen LogP contribution is 2.23. The number of sulfonamides is 1. The molecule has 28 heavy (non-hydrogen) atoms. The Morgan fingerprint density at radius 1 is 1.04 bits per heavy atom. The summed E-state index contributed by atoms with van der Waals surface area (Å²) in [5.74, 6) is -0.621. The molecular weight excluding hydrogens is 385 g/mol. The fourth-order valence-electron chi connectivity index (χ4n) is 3.04. The van der Waals surface area contributed by atoms with Crippen LogP contribution in [0.2, 0.25) is 0 Å². The van der Waals surface area contributed by atoms with Crippen molar-refractivity contribution >= 4 is 26.7 Å². The minimum Gasteiger partial charge on any atom is -0.295 e. The van der Waals surface area contributed by atoms with E-state index in [9.17, 15) is 17.6 Å². The third kappa shape index (κ3) is 2.87. The Labute approximate surface area is 159 Å². The molecule has 4 rings (SSSR count). The van der Waals surface area contributed by atoms with E-state index in [4.69, 9.17) is 0 Å². The standard InChI is InChI=1S/C18H16FN5O3S/c1-22-16-7-5-13(11-17(16)23(2)18(22)25)28(26,27)21-12-4-6-15(14(19)10-12)24-9-3-8-20-24/h3-11,21H,1-2H3. The lowest BCUT2D eigenvalue weighted by atomic mass is 10.3. The van der Waals surface area contributed by atoms with E-state index in [2.05, 4.69) is 9.82 Å². The normalized spacial score (nSPS) is 11.8. The third-order valence-electron chi connectivity index (χ3n) is 4.50. The number of halogens is 1. The number of imidazole rings is 1. The molecule has 0 spiro atoms. The first kappa shape index (κ1) is 18.0. The highest BCUT2D eigenvalue weighted by Gasteiger charge is 2.18. The highest BCUT2D eigenvalue weighted by atomic mass is 32.2. The Bertz CT molecular complexity index is 1350. The predicted molar refractivity (Wildman–Crippen MR) is 102 cm³/mol. The van der Waals surface area contributed by atoms with Crippen molar-refractivity contribution in [1.29, 1.82) is 0 Å². The van der Waals surface area contributed by atoms with E-state index in [0.29, 0.717) is 11.0 Å². The van der Waals surface area contributed by atoms with Gasteiger partial charge in [-0.3, -0.25) is 13.9 Å². The number of benzene rings is 2. The summed E-state index contributed by atoms with van der Waals surface area (Å²) in [6.07, 6.45) is 3.10. The van der Waals surface area contributed by atoms with Crippen molar-refractivity contribution in [3.63, 3.8) is 0 Å². The Morgan fingerprint density at radius 3 is 2.46 bits per heavy atom. The Balaban J connectivity index is 1.70. The zero-order valence-corrected chi connectivity index (χ0v) is 15.8. The number of aryl methyl sites for hydroxylation is 2. The number of rotatable bonds is 4. The Hall–Kier alpha value is -3.40. The minimum absolute atomic E-state index is 0.0299. The lowest BCUT2D eigenvalue weighted by Crippen LogP contribution is -2.19. The summed E-state index contributed by atoms with van der Waals surface area (Å²) in [4.78, 5) is 12.0. The molecule has 4 aromatic rings. The number of fused-ring (bicyclic) bond motifs is 1. The molecule has 0 aliphatic rings. The molecule has 0 radical (unpaired) electrons. The monoisotopic (exact) mass is 401 g/mol. The molecular formula is C18H16FN5O3S. The van der Waals surface area contributed by atoms with Crippen LogP contribution in [0.3, 0.4) is 0 Å². The molecule has 0 fully saturated rings. The van der Waals surface area contributed by atoms with Crippen LogP contribution in [0.1, 0.15) is 0 Å². The van der Waals surface area contributed by atoms with E-state index in [0.717, 1.165) is 6.07 Å². The first-order chi connectivity index (χ1) is 13.3. The molecule has 0 saturated heterocycles. The van der Waals surface area contributed by atoms with Crippen LogP contribution in [0, 0.1) is 5.82 Å². The number of hydrogen-bond acceptors (Lipinski definition) is 4. The van der Waals surface area contributed by atoms with Gasteiger partial charge in [-0.1, -0.05) is 0 Å². The summed E-state index contributed by atoms with van der Waals surface area (Å²) < 4.78 is 46.3. The molecule has 8 nitrogen and oxygen atoms in total. The van der Waals surface area contributed by atoms with Crippen molar-refractivity contribution in [2.75, 3.05) is 4.72 Å². The summed E-state index contributed by atoms with van der Waals surface area (Å²) in [5, 5.41) is 3.95. The van der Waals surface area contributed by atoms with Gasteiger partial charge >= 0.3 is 5.69 Å². The first-order valence-corrected chi connectivity index (χ1v) is 9.74. The van der Waals surface area contributed by atoms with Gasteiger partial charge < -0.3 is 0 Å². The summed E-state index contributed by atoms with van der Waals surface area (Å²) in [5.41, 5.74) is 1.12. The lowest BCUT2D eigenvalue weighted by molar-refractivity contribution is 0.601. The van der Waals surface area contributed by atoms with E-state index in [-0.39, 0.29) is 22.0 Å². The largest absolute Gasteiger partial charge is 0.328 e. The summed E-state index contributed by atoms with van der Waals surface area (Å²) >= 11 is 0. The van der Waals surface area contributed by atoms with E-state index in [1.165, 1.54) is 44.3 Å². The zero-order chi connectivity index (χ0) is 20.1. The maximum Gasteiger partial charge on any atom is 0.328 e. The fourth-order valence-corrected chi connectivity index (χ4v) is 4.10. The molecule has 2 aromatic heterocycles. The molecule has 0 saturated carbocycles. The summed E-state index contributed by atoms with van der Waals surface area (Å²) in [6, 6.07) is 10.0. The quantitative estimate of drug-likeness (QED) is 0.566. The van der Waals surface area contributed by atoms with Gasteiger partial charge in [-0.25, -0.2) is 22.3 Å². The van der Waals surface area contributed by atoms with E-state index in [1.807, 2.05) is 0 Å². The first-order valence-electron chi connectivity index (χ1n) is 8.26. The van der Waals surface area contributed by atoms with Crippen molar-refractivity contribution in [3.05, 3.63) is 71.2 Å². The minimum atomic E-state index is -3.97. The van der Waals surface area contributed by atoms with Gasteiger partial charge in [0.1, 0.15) is 5.69 Å². The van der Waals surface area contributed by atoms with Gasteiger partial charge in [0.05, 0.1) is 21.6 Å². The average Bonchev–Trinajstić information content (AvgIpc) is 3.26. The zero-order valence-electron chi connectivity index (χ0n) is 15.0. The van der Waals surface area contributed by atoms with Gasteiger partial charge in [-0.05, 0) is 36.4 Å². The van der Waals surface area contributed by atoms with Crippen LogP contribution >= 0.6 is 0 Å². The molecule has 0 aliphatic heterocycles. The van der Waals surface area contributed by atoms with Crippen molar-refractivity contribution < 1.29 is 12.8 Å². The summed E-state index contributed by atoms with van der Waals surface area (Å²) in [7, 11) is -0.793. The lowest BCUT2D eigenvalue weighted by Gasteiger charge is -2.10. The number of aromatic nitrogens is 4. The number of hydrogen-bond donors (Lipinski definition) is 1. The molecule has 0 amide bonds. The van der Waals surface area contributed by atoms with Crippen LogP contribution in [0.25, 0.3) is 16.7 Å². The topological polar surface area (TPSA) is 90.9 Å². The Kier molecular flexibility index (Phi) is 4.07. The second kappa shape index (κ2) is 6.34. The number of nitrogens with zero attached hydrogens (tertiary/aromatic N) is 4. The van der Waals surface area contributed by atoms with Crippen LogP contribution in [0.4, 0.5) is 10.1 Å². The van der Waals surface area contributed by atoms with Gasteiger partial charge in [-0.2, -0.15) is 5.10 Å². The highest BCUT2D eigenvalue weighted by molar-refractivity contribution is 7.92. The van der Waals surface area contributed by atoms with Crippen LogP contribution in [-0.4, -0.2) is 27.3 Å². The molecule has 2 aromatic carbocycles. The van der Waals surface area contributed by atoms with Crippen LogP contribution < -0.4 is 10.4 Å². The number of anilines is 1. The van der Waals surface area contributed by atoms with Crippen molar-refractivity contribution in [2.45, 2.75) is 4.90 Å². The summed E-state index contributed by atoms with van der Waals surface area (Å²) in [6.45, 7) is 0. The second-order valence-corrected chi connectivity index (χ2v) is 7.96. The maximum atomic E-state index is 14.4. The molecule has 144 valence electrons. The number of nitrogens with one attached hydrogen (secondary N) is 1. The second-order valence-electron chi connectivity index (χ2n) is 6.27. The maximum absolute atomic E-state index is 14.4. The molecule has 0 unspecified atom stereocenters. The molecule has 0 atom stereocenters. The SMILES string of the molecule is Cn1c(=O)n(C)c2cc(S(=O)(=O)Nc3ccc(-n4cccn4)c(F)c3)ccc21. The van der Waals surface area contributed by atoms with Gasteiger partial charge in [-0.15, -0.1) is 0 Å². The van der Waals surface area contributed by atoms with Crippen LogP contribution in [0.15, 0.2) is 64.5 Å². The molecule has 0 bridgehead atoms. The van der Waals surface area contributed by atoms with E-state index < -0.39 is 15.8 Å². The molecule has 2 heterocycles. The van der Waals surface area contributed by atoms with Gasteiger partial charge in [0.15, 0.2) is 5.82 Å². The third-order valence-corrected chi connectivity index (χ3v) is 5.88. The van der Waals surface area contributed by atoms with Crippen LogP contribution in [0.5, 0.6) is 0 Å². The van der Waals surface area contributed by atoms with Gasteiger partial charge in [0, 0.05) is 32.6 Å². The van der Waals surface area contributed by atoms with Crippen molar-refractivity contribution in [1.82, 2.24) is 18.9 Å². The molecule has 10 heteroatoms. The van der Waals surface area contributed by atoms with Gasteiger partial charge in [0.25, 0.3) is 10.0 Å². The Morgan fingerprint density at radius 2 is 1.79 bits per heavy atom.